The van der Waals surface area contributed by atoms with Crippen LogP contribution in [0, 0.1) is 6.92 Å². The lowest BCUT2D eigenvalue weighted by Gasteiger charge is -2.23. The Balaban J connectivity index is 1.54. The summed E-state index contributed by atoms with van der Waals surface area (Å²) in [4.78, 5) is 19.0. The predicted octanol–water partition coefficient (Wildman–Crippen LogP) is 5.73. The van der Waals surface area contributed by atoms with Gasteiger partial charge in [0.05, 0.1) is 28.4 Å². The second kappa shape index (κ2) is 11.3. The Morgan fingerprint density at radius 1 is 1.25 bits per heavy atom. The first-order valence-electron chi connectivity index (χ1n) is 11.2. The SMILES string of the molecule is CCC(C)c1ccc2nc(CCOC(=O)Nc3ccc(N(CC)CCO)cc3C)sc2c1. The first-order valence-corrected chi connectivity index (χ1v) is 12.1. The van der Waals surface area contributed by atoms with Crippen LogP contribution in [-0.4, -0.2) is 42.5 Å². The van der Waals surface area contributed by atoms with Gasteiger partial charge < -0.3 is 14.7 Å². The number of aliphatic hydroxyl groups excluding tert-OH is 1. The van der Waals surface area contributed by atoms with E-state index in [-0.39, 0.29) is 13.2 Å². The Kier molecular flexibility index (Phi) is 8.47. The first-order chi connectivity index (χ1) is 15.4. The van der Waals surface area contributed by atoms with Crippen molar-refractivity contribution in [2.24, 2.45) is 0 Å². The standard InChI is InChI=1S/C25H33N3O3S/c1-5-17(3)19-7-9-22-23(16-19)32-24(26-22)11-14-31-25(30)27-21-10-8-20(15-18(21)4)28(6-2)12-13-29/h7-10,15-17,29H,5-6,11-14H2,1-4H3,(H,27,30). The van der Waals surface area contributed by atoms with Crippen molar-refractivity contribution >= 4 is 39.0 Å². The lowest BCUT2D eigenvalue weighted by Crippen LogP contribution is -2.26. The van der Waals surface area contributed by atoms with Gasteiger partial charge >= 0.3 is 6.09 Å². The summed E-state index contributed by atoms with van der Waals surface area (Å²) in [6.07, 6.45) is 1.24. The molecule has 1 unspecified atom stereocenters. The fourth-order valence-corrected chi connectivity index (χ4v) is 4.59. The summed E-state index contributed by atoms with van der Waals surface area (Å²) >= 11 is 1.66. The van der Waals surface area contributed by atoms with E-state index in [1.807, 2.05) is 32.0 Å². The number of likely N-dealkylation sites (N-methyl/N-ethyl adjacent to an activating group) is 1. The molecule has 0 fully saturated rings. The number of carbonyl (C=O) groups excluding carboxylic acids is 1. The van der Waals surface area contributed by atoms with Gasteiger partial charge in [0.1, 0.15) is 0 Å². The molecular formula is C25H33N3O3S. The minimum Gasteiger partial charge on any atom is -0.449 e. The average Bonchev–Trinajstić information content (AvgIpc) is 3.20. The fourth-order valence-electron chi connectivity index (χ4n) is 3.59. The summed E-state index contributed by atoms with van der Waals surface area (Å²) in [7, 11) is 0. The van der Waals surface area contributed by atoms with Crippen LogP contribution >= 0.6 is 11.3 Å². The lowest BCUT2D eigenvalue weighted by atomic mass is 9.99. The largest absolute Gasteiger partial charge is 0.449 e. The number of hydrogen-bond donors (Lipinski definition) is 2. The molecule has 1 heterocycles. The van der Waals surface area contributed by atoms with Gasteiger partial charge in [-0.05, 0) is 67.6 Å². The molecule has 6 nitrogen and oxygen atoms in total. The van der Waals surface area contributed by atoms with Crippen molar-refractivity contribution < 1.29 is 14.6 Å². The summed E-state index contributed by atoms with van der Waals surface area (Å²) in [5.74, 6) is 0.536. The molecule has 172 valence electrons. The zero-order valence-corrected chi connectivity index (χ0v) is 20.2. The molecular weight excluding hydrogens is 422 g/mol. The van der Waals surface area contributed by atoms with Gasteiger partial charge in [-0.3, -0.25) is 5.32 Å². The number of aryl methyl sites for hydroxylation is 1. The van der Waals surface area contributed by atoms with E-state index >= 15 is 0 Å². The highest BCUT2D eigenvalue weighted by atomic mass is 32.1. The highest BCUT2D eigenvalue weighted by Gasteiger charge is 2.11. The number of ether oxygens (including phenoxy) is 1. The molecule has 0 aliphatic rings. The molecule has 0 saturated heterocycles. The van der Waals surface area contributed by atoms with E-state index < -0.39 is 6.09 Å². The average molecular weight is 456 g/mol. The fraction of sp³-hybridized carbons (Fsp3) is 0.440. The van der Waals surface area contributed by atoms with Gasteiger partial charge in [0.2, 0.25) is 0 Å². The van der Waals surface area contributed by atoms with E-state index in [9.17, 15) is 9.90 Å². The zero-order valence-electron chi connectivity index (χ0n) is 19.4. The number of aromatic nitrogens is 1. The Labute approximate surface area is 194 Å². The Morgan fingerprint density at radius 3 is 2.75 bits per heavy atom. The molecule has 32 heavy (non-hydrogen) atoms. The van der Waals surface area contributed by atoms with Gasteiger partial charge in [0, 0.05) is 30.9 Å². The number of anilines is 2. The van der Waals surface area contributed by atoms with Gasteiger partial charge in [-0.15, -0.1) is 11.3 Å². The molecule has 2 N–H and O–H groups in total. The second-order valence-electron chi connectivity index (χ2n) is 7.96. The number of nitrogens with one attached hydrogen (secondary N) is 1. The zero-order chi connectivity index (χ0) is 23.1. The molecule has 1 amide bonds. The van der Waals surface area contributed by atoms with Crippen LogP contribution in [0.5, 0.6) is 0 Å². The summed E-state index contributed by atoms with van der Waals surface area (Å²) in [5, 5.41) is 13.0. The molecule has 1 aromatic heterocycles. The summed E-state index contributed by atoms with van der Waals surface area (Å²) in [6, 6.07) is 12.3. The maximum Gasteiger partial charge on any atom is 0.411 e. The molecule has 0 spiro atoms. The van der Waals surface area contributed by atoms with E-state index in [2.05, 4.69) is 47.2 Å². The van der Waals surface area contributed by atoms with Crippen LogP contribution in [0.15, 0.2) is 36.4 Å². The monoisotopic (exact) mass is 455 g/mol. The third kappa shape index (κ3) is 5.99. The Bertz CT molecular complexity index is 1050. The maximum absolute atomic E-state index is 12.3. The van der Waals surface area contributed by atoms with E-state index in [0.717, 1.165) is 40.4 Å². The molecule has 0 bridgehead atoms. The van der Waals surface area contributed by atoms with E-state index in [0.29, 0.717) is 18.9 Å². The van der Waals surface area contributed by atoms with E-state index in [4.69, 9.17) is 4.74 Å². The second-order valence-corrected chi connectivity index (χ2v) is 9.07. The topological polar surface area (TPSA) is 74.7 Å². The normalized spacial score (nSPS) is 12.0. The van der Waals surface area contributed by atoms with E-state index in [1.165, 1.54) is 10.3 Å². The van der Waals surface area contributed by atoms with Crippen molar-refractivity contribution in [3.63, 3.8) is 0 Å². The van der Waals surface area contributed by atoms with E-state index in [1.54, 1.807) is 11.3 Å². The quantitative estimate of drug-likeness (QED) is 0.408. The number of amides is 1. The summed E-state index contributed by atoms with van der Waals surface area (Å²) in [6.45, 7) is 10.2. The smallest absolute Gasteiger partial charge is 0.411 e. The number of nitrogens with zero attached hydrogens (tertiary/aromatic N) is 2. The number of benzene rings is 2. The molecule has 0 aliphatic heterocycles. The van der Waals surface area contributed by atoms with Crippen LogP contribution in [-0.2, 0) is 11.2 Å². The number of thiazole rings is 1. The van der Waals surface area contributed by atoms with Gasteiger partial charge in [-0.2, -0.15) is 0 Å². The molecule has 3 aromatic rings. The van der Waals surface area contributed by atoms with Crippen molar-refractivity contribution in [3.05, 3.63) is 52.5 Å². The summed E-state index contributed by atoms with van der Waals surface area (Å²) < 4.78 is 6.57. The first kappa shape index (κ1) is 24.0. The molecule has 7 heteroatoms. The van der Waals surface area contributed by atoms with Crippen molar-refractivity contribution in [2.45, 2.75) is 46.5 Å². The van der Waals surface area contributed by atoms with Gasteiger partial charge in [0.25, 0.3) is 0 Å². The van der Waals surface area contributed by atoms with Crippen molar-refractivity contribution in [1.29, 1.82) is 0 Å². The molecule has 0 saturated carbocycles. The predicted molar refractivity (Wildman–Crippen MR) is 133 cm³/mol. The minimum absolute atomic E-state index is 0.104. The Hall–Kier alpha value is -2.64. The number of hydrogen-bond acceptors (Lipinski definition) is 6. The minimum atomic E-state index is -0.469. The van der Waals surface area contributed by atoms with Crippen LogP contribution < -0.4 is 10.2 Å². The molecule has 2 aromatic carbocycles. The molecule has 1 atom stereocenters. The van der Waals surface area contributed by atoms with Crippen LogP contribution in [0.4, 0.5) is 16.2 Å². The third-order valence-corrected chi connectivity index (χ3v) is 6.83. The highest BCUT2D eigenvalue weighted by molar-refractivity contribution is 7.18. The number of rotatable bonds is 10. The highest BCUT2D eigenvalue weighted by Crippen LogP contribution is 2.28. The third-order valence-electron chi connectivity index (χ3n) is 5.75. The maximum atomic E-state index is 12.3. The van der Waals surface area contributed by atoms with Crippen molar-refractivity contribution in [2.75, 3.05) is 36.5 Å². The van der Waals surface area contributed by atoms with Gasteiger partial charge in [0.15, 0.2) is 0 Å². The summed E-state index contributed by atoms with van der Waals surface area (Å²) in [5.41, 5.74) is 5.02. The van der Waals surface area contributed by atoms with Gasteiger partial charge in [-0.25, -0.2) is 9.78 Å². The number of aliphatic hydroxyl groups is 1. The van der Waals surface area contributed by atoms with Crippen LogP contribution in [0.2, 0.25) is 0 Å². The van der Waals surface area contributed by atoms with Gasteiger partial charge in [-0.1, -0.05) is 19.9 Å². The molecule has 3 rings (SSSR count). The molecule has 0 aliphatic carbocycles. The number of carbonyl (C=O) groups is 1. The lowest BCUT2D eigenvalue weighted by molar-refractivity contribution is 0.163. The van der Waals surface area contributed by atoms with Crippen LogP contribution in [0.3, 0.4) is 0 Å². The van der Waals surface area contributed by atoms with Crippen LogP contribution in [0.1, 0.15) is 49.2 Å². The van der Waals surface area contributed by atoms with Crippen molar-refractivity contribution in [1.82, 2.24) is 4.98 Å². The molecule has 0 radical (unpaired) electrons. The van der Waals surface area contributed by atoms with Crippen molar-refractivity contribution in [3.8, 4) is 0 Å². The Morgan fingerprint density at radius 2 is 2.06 bits per heavy atom. The van der Waals surface area contributed by atoms with Crippen LogP contribution in [0.25, 0.3) is 10.2 Å². The number of fused-ring (bicyclic) bond motifs is 1.